The Morgan fingerprint density at radius 2 is 2.29 bits per heavy atom. The Morgan fingerprint density at radius 1 is 1.65 bits per heavy atom. The molecule has 0 aliphatic rings. The number of hydrogen-bond acceptors (Lipinski definition) is 4. The zero-order valence-corrected chi connectivity index (χ0v) is 11.0. The lowest BCUT2D eigenvalue weighted by molar-refractivity contribution is -0.124. The van der Waals surface area contributed by atoms with Crippen LogP contribution < -0.4 is 11.1 Å². The molecule has 6 nitrogen and oxygen atoms in total. The van der Waals surface area contributed by atoms with Gasteiger partial charge >= 0.3 is 0 Å². The minimum Gasteiger partial charge on any atom is -0.393 e. The summed E-state index contributed by atoms with van der Waals surface area (Å²) >= 11 is 4.89. The van der Waals surface area contributed by atoms with Crippen LogP contribution in [0.25, 0.3) is 0 Å². The average molecular weight is 255 g/mol. The molecular weight excluding hydrogens is 238 g/mol. The average Bonchev–Trinajstić information content (AvgIpc) is 2.60. The fourth-order valence-corrected chi connectivity index (χ4v) is 1.88. The van der Waals surface area contributed by atoms with Crippen molar-refractivity contribution in [3.05, 3.63) is 12.2 Å². The molecule has 0 aliphatic heterocycles. The van der Waals surface area contributed by atoms with E-state index in [1.807, 2.05) is 13.8 Å². The summed E-state index contributed by atoms with van der Waals surface area (Å²) in [7, 11) is 1.77. The minimum absolute atomic E-state index is 0.0733. The maximum Gasteiger partial charge on any atom is 0.230 e. The first-order valence-corrected chi connectivity index (χ1v) is 5.74. The first kappa shape index (κ1) is 13.6. The highest BCUT2D eigenvalue weighted by molar-refractivity contribution is 7.80. The molecule has 17 heavy (non-hydrogen) atoms. The van der Waals surface area contributed by atoms with Crippen molar-refractivity contribution in [2.24, 2.45) is 24.6 Å². The topological polar surface area (TPSA) is 85.8 Å². The van der Waals surface area contributed by atoms with Crippen LogP contribution in [0.3, 0.4) is 0 Å². The zero-order chi connectivity index (χ0) is 13.0. The van der Waals surface area contributed by atoms with Gasteiger partial charge in [-0.1, -0.05) is 26.1 Å². The second-order valence-corrected chi connectivity index (χ2v) is 4.65. The third-order valence-corrected chi connectivity index (χ3v) is 2.58. The van der Waals surface area contributed by atoms with Gasteiger partial charge in [0.1, 0.15) is 6.33 Å². The van der Waals surface area contributed by atoms with E-state index in [-0.39, 0.29) is 23.4 Å². The molecule has 1 heterocycles. The lowest BCUT2D eigenvalue weighted by atomic mass is 9.95. The van der Waals surface area contributed by atoms with Crippen molar-refractivity contribution in [1.29, 1.82) is 0 Å². The van der Waals surface area contributed by atoms with Gasteiger partial charge in [-0.3, -0.25) is 9.48 Å². The van der Waals surface area contributed by atoms with Crippen LogP contribution in [-0.2, 0) is 18.4 Å². The van der Waals surface area contributed by atoms with E-state index in [9.17, 15) is 4.79 Å². The standard InChI is InChI=1S/C10H17N5OS/c1-6(2)8(9(11)17)10(16)12-4-7-13-5-15(3)14-7/h5-6,8H,4H2,1-3H3,(H2,11,17)(H,12,16). The quantitative estimate of drug-likeness (QED) is 0.723. The number of carbonyl (C=O) groups excluding carboxylic acids is 1. The molecule has 7 heteroatoms. The smallest absolute Gasteiger partial charge is 0.230 e. The van der Waals surface area contributed by atoms with Crippen LogP contribution in [0.15, 0.2) is 6.33 Å². The number of carbonyl (C=O) groups is 1. The van der Waals surface area contributed by atoms with Gasteiger partial charge in [0, 0.05) is 7.05 Å². The molecular formula is C10H17N5OS. The van der Waals surface area contributed by atoms with E-state index in [4.69, 9.17) is 18.0 Å². The number of amides is 1. The molecule has 0 saturated heterocycles. The predicted octanol–water partition coefficient (Wildman–Crippen LogP) is -0.0104. The predicted molar refractivity (Wildman–Crippen MR) is 68.0 cm³/mol. The van der Waals surface area contributed by atoms with Crippen molar-refractivity contribution in [3.8, 4) is 0 Å². The Balaban J connectivity index is 2.56. The van der Waals surface area contributed by atoms with Gasteiger partial charge in [-0.05, 0) is 5.92 Å². The lowest BCUT2D eigenvalue weighted by Gasteiger charge is -2.18. The van der Waals surface area contributed by atoms with E-state index in [0.29, 0.717) is 5.82 Å². The van der Waals surface area contributed by atoms with Crippen LogP contribution in [0.2, 0.25) is 0 Å². The van der Waals surface area contributed by atoms with Gasteiger partial charge in [0.2, 0.25) is 5.91 Å². The van der Waals surface area contributed by atoms with Crippen LogP contribution in [0.4, 0.5) is 0 Å². The molecule has 1 unspecified atom stereocenters. The van der Waals surface area contributed by atoms with Crippen LogP contribution in [-0.4, -0.2) is 25.7 Å². The van der Waals surface area contributed by atoms with Gasteiger partial charge in [0.15, 0.2) is 5.82 Å². The second kappa shape index (κ2) is 5.72. The molecule has 1 amide bonds. The summed E-state index contributed by atoms with van der Waals surface area (Å²) in [6, 6.07) is 0. The molecule has 1 aromatic heterocycles. The van der Waals surface area contributed by atoms with Gasteiger partial charge in [-0.2, -0.15) is 5.10 Å². The molecule has 1 atom stereocenters. The summed E-state index contributed by atoms with van der Waals surface area (Å²) in [5.41, 5.74) is 5.55. The first-order valence-electron chi connectivity index (χ1n) is 5.33. The zero-order valence-electron chi connectivity index (χ0n) is 10.2. The van der Waals surface area contributed by atoms with Crippen molar-refractivity contribution < 1.29 is 4.79 Å². The molecule has 0 aromatic carbocycles. The Morgan fingerprint density at radius 3 is 2.71 bits per heavy atom. The number of thiocarbonyl (C=S) groups is 1. The maximum absolute atomic E-state index is 11.9. The van der Waals surface area contributed by atoms with Crippen molar-refractivity contribution in [2.75, 3.05) is 0 Å². The van der Waals surface area contributed by atoms with Gasteiger partial charge in [0.05, 0.1) is 17.5 Å². The second-order valence-electron chi connectivity index (χ2n) is 4.18. The van der Waals surface area contributed by atoms with Crippen molar-refractivity contribution in [3.63, 3.8) is 0 Å². The number of nitrogens with zero attached hydrogens (tertiary/aromatic N) is 3. The Bertz CT molecular complexity index is 415. The van der Waals surface area contributed by atoms with Crippen LogP contribution in [0, 0.1) is 11.8 Å². The molecule has 0 saturated carbocycles. The monoisotopic (exact) mass is 255 g/mol. The largest absolute Gasteiger partial charge is 0.393 e. The van der Waals surface area contributed by atoms with Crippen LogP contribution >= 0.6 is 12.2 Å². The molecule has 0 aliphatic carbocycles. The molecule has 1 rings (SSSR count). The van der Waals surface area contributed by atoms with Crippen molar-refractivity contribution in [1.82, 2.24) is 20.1 Å². The molecule has 1 aromatic rings. The van der Waals surface area contributed by atoms with Crippen LogP contribution in [0.5, 0.6) is 0 Å². The number of nitrogens with two attached hydrogens (primary N) is 1. The van der Waals surface area contributed by atoms with E-state index in [1.165, 1.54) is 0 Å². The number of aromatic nitrogens is 3. The molecule has 0 fully saturated rings. The number of hydrogen-bond donors (Lipinski definition) is 2. The number of aryl methyl sites for hydroxylation is 1. The van der Waals surface area contributed by atoms with Gasteiger partial charge in [-0.15, -0.1) is 0 Å². The van der Waals surface area contributed by atoms with Gasteiger partial charge in [-0.25, -0.2) is 4.98 Å². The lowest BCUT2D eigenvalue weighted by Crippen LogP contribution is -2.40. The van der Waals surface area contributed by atoms with Gasteiger partial charge in [0.25, 0.3) is 0 Å². The van der Waals surface area contributed by atoms with Crippen LogP contribution in [0.1, 0.15) is 19.7 Å². The highest BCUT2D eigenvalue weighted by Crippen LogP contribution is 2.11. The summed E-state index contributed by atoms with van der Waals surface area (Å²) in [5, 5.41) is 6.79. The van der Waals surface area contributed by atoms with E-state index in [2.05, 4.69) is 15.4 Å². The maximum atomic E-state index is 11.9. The fourth-order valence-electron chi connectivity index (χ4n) is 1.50. The van der Waals surface area contributed by atoms with Gasteiger partial charge < -0.3 is 11.1 Å². The molecule has 3 N–H and O–H groups in total. The Hall–Kier alpha value is -1.50. The third-order valence-electron chi connectivity index (χ3n) is 2.32. The summed E-state index contributed by atoms with van der Waals surface area (Å²) in [4.78, 5) is 16.1. The summed E-state index contributed by atoms with van der Waals surface area (Å²) in [6.45, 7) is 4.09. The molecule has 0 radical (unpaired) electrons. The fraction of sp³-hybridized carbons (Fsp3) is 0.600. The molecule has 0 bridgehead atoms. The normalized spacial score (nSPS) is 12.5. The van der Waals surface area contributed by atoms with Crippen molar-refractivity contribution in [2.45, 2.75) is 20.4 Å². The summed E-state index contributed by atoms with van der Waals surface area (Å²) < 4.78 is 1.58. The SMILES string of the molecule is CC(C)C(C(=O)NCc1ncn(C)n1)C(N)=S. The Labute approximate surface area is 106 Å². The summed E-state index contributed by atoms with van der Waals surface area (Å²) in [5.74, 6) is 0.00385. The molecule has 0 spiro atoms. The van der Waals surface area contributed by atoms with E-state index in [1.54, 1.807) is 18.1 Å². The summed E-state index contributed by atoms with van der Waals surface area (Å²) in [6.07, 6.45) is 1.58. The van der Waals surface area contributed by atoms with E-state index < -0.39 is 5.92 Å². The first-order chi connectivity index (χ1) is 7.91. The molecule has 94 valence electrons. The van der Waals surface area contributed by atoms with E-state index >= 15 is 0 Å². The highest BCUT2D eigenvalue weighted by atomic mass is 32.1. The van der Waals surface area contributed by atoms with E-state index in [0.717, 1.165) is 0 Å². The third kappa shape index (κ3) is 3.77. The Kier molecular flexibility index (Phi) is 4.56. The minimum atomic E-state index is -0.450. The number of nitrogens with one attached hydrogen (secondary N) is 1. The number of rotatable bonds is 5. The van der Waals surface area contributed by atoms with Crippen molar-refractivity contribution >= 4 is 23.1 Å². The highest BCUT2D eigenvalue weighted by Gasteiger charge is 2.24.